The molecule has 0 saturated carbocycles. The summed E-state index contributed by atoms with van der Waals surface area (Å²) in [4.78, 5) is 0. The third-order valence-electron chi connectivity index (χ3n) is 2.54. The first-order valence-electron chi connectivity index (χ1n) is 5.32. The molecule has 0 N–H and O–H groups in total. The Morgan fingerprint density at radius 2 is 1.75 bits per heavy atom. The van der Waals surface area contributed by atoms with Crippen molar-refractivity contribution in [1.82, 2.24) is 0 Å². The van der Waals surface area contributed by atoms with Gasteiger partial charge in [-0.3, -0.25) is 0 Å². The molecule has 0 unspecified atom stereocenters. The zero-order chi connectivity index (χ0) is 11.4. The fraction of sp³-hybridized carbons (Fsp3) is 0.0625. The van der Waals surface area contributed by atoms with E-state index in [4.69, 9.17) is 0 Å². The van der Waals surface area contributed by atoms with Crippen molar-refractivity contribution in [3.63, 3.8) is 0 Å². The largest absolute Gasteiger partial charge is 0.128 e. The highest BCUT2D eigenvalue weighted by atomic mass is 14.0. The lowest BCUT2D eigenvalue weighted by atomic mass is 10.0. The maximum absolute atomic E-state index is 3.59. The summed E-state index contributed by atoms with van der Waals surface area (Å²) in [7, 11) is 0. The monoisotopic (exact) mass is 206 g/mol. The summed E-state index contributed by atoms with van der Waals surface area (Å²) >= 11 is 0. The van der Waals surface area contributed by atoms with Crippen LogP contribution < -0.4 is 0 Å². The number of hydrogen-bond donors (Lipinski definition) is 0. The van der Waals surface area contributed by atoms with E-state index in [-0.39, 0.29) is 0 Å². The maximum Gasteiger partial charge on any atom is -0.0133 e. The molecule has 2 rings (SSSR count). The summed E-state index contributed by atoms with van der Waals surface area (Å²) in [5.41, 5.74) is 7.68. The molecule has 0 aliphatic rings. The van der Waals surface area contributed by atoms with Gasteiger partial charge in [0.2, 0.25) is 0 Å². The first kappa shape index (κ1) is 10.5. The van der Waals surface area contributed by atoms with Crippen molar-refractivity contribution in [2.75, 3.05) is 0 Å². The van der Waals surface area contributed by atoms with Gasteiger partial charge in [-0.05, 0) is 35.8 Å². The molecule has 78 valence electrons. The van der Waals surface area contributed by atoms with E-state index in [0.717, 1.165) is 5.56 Å². The third kappa shape index (κ3) is 2.31. The Balaban J connectivity index is 2.43. The van der Waals surface area contributed by atoms with Gasteiger partial charge in [0.1, 0.15) is 0 Å². The Morgan fingerprint density at radius 1 is 1.00 bits per heavy atom. The normalized spacial score (nSPS) is 9.56. The molecule has 16 heavy (non-hydrogen) atoms. The Kier molecular flexibility index (Phi) is 3.05. The Morgan fingerprint density at radius 3 is 2.44 bits per heavy atom. The van der Waals surface area contributed by atoms with Crippen LogP contribution in [0.4, 0.5) is 0 Å². The van der Waals surface area contributed by atoms with Crippen LogP contribution in [0.3, 0.4) is 0 Å². The van der Waals surface area contributed by atoms with Crippen LogP contribution in [0.15, 0.2) is 60.8 Å². The van der Waals surface area contributed by atoms with E-state index in [0.29, 0.717) is 0 Å². The van der Waals surface area contributed by atoms with Crippen molar-refractivity contribution < 1.29 is 0 Å². The van der Waals surface area contributed by atoms with Crippen LogP contribution in [-0.2, 0) is 0 Å². The Hall–Kier alpha value is -2.04. The fourth-order valence-corrected chi connectivity index (χ4v) is 1.67. The van der Waals surface area contributed by atoms with Gasteiger partial charge < -0.3 is 0 Å². The predicted molar refractivity (Wildman–Crippen MR) is 70.2 cm³/mol. The molecule has 2 aromatic carbocycles. The van der Waals surface area contributed by atoms with Gasteiger partial charge in [-0.15, -0.1) is 5.73 Å². The fourth-order valence-electron chi connectivity index (χ4n) is 1.67. The summed E-state index contributed by atoms with van der Waals surface area (Å²) in [6.07, 6.45) is 1.89. The number of benzene rings is 2. The molecule has 0 aromatic heterocycles. The number of rotatable bonds is 2. The van der Waals surface area contributed by atoms with E-state index in [9.17, 15) is 0 Å². The quantitative estimate of drug-likeness (QED) is 0.636. The molecular formula is C16H14. The highest BCUT2D eigenvalue weighted by molar-refractivity contribution is 5.67. The van der Waals surface area contributed by atoms with Crippen molar-refractivity contribution in [1.29, 1.82) is 0 Å². The smallest absolute Gasteiger partial charge is 0.0133 e. The van der Waals surface area contributed by atoms with E-state index < -0.39 is 0 Å². The highest BCUT2D eigenvalue weighted by Gasteiger charge is 1.97. The molecule has 0 heteroatoms. The summed E-state index contributed by atoms with van der Waals surface area (Å²) in [5.74, 6) is 0. The van der Waals surface area contributed by atoms with Crippen molar-refractivity contribution in [3.05, 3.63) is 72.0 Å². The van der Waals surface area contributed by atoms with Crippen LogP contribution in [0.5, 0.6) is 0 Å². The van der Waals surface area contributed by atoms with E-state index >= 15 is 0 Å². The van der Waals surface area contributed by atoms with Crippen molar-refractivity contribution in [2.45, 2.75) is 6.92 Å². The molecule has 0 aliphatic heterocycles. The van der Waals surface area contributed by atoms with Gasteiger partial charge in [0.25, 0.3) is 0 Å². The minimum absolute atomic E-state index is 1.13. The van der Waals surface area contributed by atoms with Crippen molar-refractivity contribution in [3.8, 4) is 11.1 Å². The summed E-state index contributed by atoms with van der Waals surface area (Å²) in [6, 6.07) is 16.9. The lowest BCUT2D eigenvalue weighted by Gasteiger charge is -2.03. The van der Waals surface area contributed by atoms with E-state index in [1.807, 2.05) is 6.08 Å². The number of hydrogen-bond acceptors (Lipinski definition) is 0. The van der Waals surface area contributed by atoms with Crippen molar-refractivity contribution >= 4 is 6.08 Å². The second-order valence-corrected chi connectivity index (χ2v) is 3.84. The first-order chi connectivity index (χ1) is 7.79. The minimum Gasteiger partial charge on any atom is -0.128 e. The first-order valence-corrected chi connectivity index (χ1v) is 5.32. The summed E-state index contributed by atoms with van der Waals surface area (Å²) in [6.45, 7) is 5.69. The van der Waals surface area contributed by atoms with Crippen molar-refractivity contribution in [2.24, 2.45) is 0 Å². The molecule has 0 heterocycles. The summed E-state index contributed by atoms with van der Waals surface area (Å²) in [5, 5.41) is 0. The molecule has 0 aliphatic carbocycles. The zero-order valence-corrected chi connectivity index (χ0v) is 9.40. The lowest BCUT2D eigenvalue weighted by Crippen LogP contribution is -1.79. The molecular weight excluding hydrogens is 192 g/mol. The van der Waals surface area contributed by atoms with Crippen LogP contribution in [0.1, 0.15) is 11.1 Å². The third-order valence-corrected chi connectivity index (χ3v) is 2.54. The molecule has 0 bridgehead atoms. The lowest BCUT2D eigenvalue weighted by molar-refractivity contribution is 1.47. The van der Waals surface area contributed by atoms with Gasteiger partial charge in [0.15, 0.2) is 0 Å². The van der Waals surface area contributed by atoms with Crippen LogP contribution in [0, 0.1) is 6.92 Å². The molecule has 0 saturated heterocycles. The van der Waals surface area contributed by atoms with Gasteiger partial charge in [0, 0.05) is 0 Å². The molecule has 0 radical (unpaired) electrons. The Bertz CT molecular complexity index is 526. The average molecular weight is 206 g/mol. The Labute approximate surface area is 96.6 Å². The average Bonchev–Trinajstić information content (AvgIpc) is 2.31. The predicted octanol–water partition coefficient (Wildman–Crippen LogP) is 4.46. The standard InChI is InChI=1S/C16H14/c1-3-5-14-6-4-7-16(12-14)15-10-8-13(2)9-11-15/h4-12H,1H2,2H3. The van der Waals surface area contributed by atoms with E-state index in [1.54, 1.807) is 0 Å². The zero-order valence-electron chi connectivity index (χ0n) is 9.40. The molecule has 0 spiro atoms. The molecule has 2 aromatic rings. The minimum atomic E-state index is 1.13. The molecule has 0 amide bonds. The van der Waals surface area contributed by atoms with E-state index in [1.165, 1.54) is 16.7 Å². The SMILES string of the molecule is C=C=Cc1cccc(-c2ccc(C)cc2)c1. The van der Waals surface area contributed by atoms with Gasteiger partial charge >= 0.3 is 0 Å². The van der Waals surface area contributed by atoms with E-state index in [2.05, 4.69) is 67.8 Å². The van der Waals surface area contributed by atoms with Gasteiger partial charge in [-0.2, -0.15) is 0 Å². The van der Waals surface area contributed by atoms with Crippen LogP contribution >= 0.6 is 0 Å². The molecule has 0 nitrogen and oxygen atoms in total. The van der Waals surface area contributed by atoms with Gasteiger partial charge in [-0.25, -0.2) is 0 Å². The molecule has 0 atom stereocenters. The van der Waals surface area contributed by atoms with Crippen LogP contribution in [-0.4, -0.2) is 0 Å². The van der Waals surface area contributed by atoms with Gasteiger partial charge in [-0.1, -0.05) is 54.6 Å². The van der Waals surface area contributed by atoms with Gasteiger partial charge in [0.05, 0.1) is 0 Å². The highest BCUT2D eigenvalue weighted by Crippen LogP contribution is 2.21. The number of aryl methyl sites for hydroxylation is 1. The second kappa shape index (κ2) is 4.65. The van der Waals surface area contributed by atoms with Crippen LogP contribution in [0.25, 0.3) is 17.2 Å². The molecule has 0 fully saturated rings. The second-order valence-electron chi connectivity index (χ2n) is 3.84. The maximum atomic E-state index is 3.59. The van der Waals surface area contributed by atoms with Crippen LogP contribution in [0.2, 0.25) is 0 Å². The topological polar surface area (TPSA) is 0 Å². The summed E-state index contributed by atoms with van der Waals surface area (Å²) < 4.78 is 0.